The third-order valence-electron chi connectivity index (χ3n) is 5.93. The Bertz CT molecular complexity index is 1320. The van der Waals surface area contributed by atoms with Crippen molar-refractivity contribution in [3.63, 3.8) is 0 Å². The Morgan fingerprint density at radius 2 is 1.62 bits per heavy atom. The number of hydrogen-bond donors (Lipinski definition) is 2. The number of carboxylic acids is 1. The highest BCUT2D eigenvalue weighted by Crippen LogP contribution is 2.24. The average molecular weight is 504 g/mol. The number of aromatic amines is 1. The number of hydrogen-bond acceptors (Lipinski definition) is 6. The van der Waals surface area contributed by atoms with Gasteiger partial charge in [-0.3, -0.25) is 4.90 Å². The number of rotatable bonds is 10. The number of amides is 1. The Kier molecular flexibility index (Phi) is 7.92. The van der Waals surface area contributed by atoms with Crippen LogP contribution in [0.3, 0.4) is 0 Å². The summed E-state index contributed by atoms with van der Waals surface area (Å²) in [6.45, 7) is 3.67. The summed E-state index contributed by atoms with van der Waals surface area (Å²) in [6.07, 6.45) is -0.840. The van der Waals surface area contributed by atoms with Gasteiger partial charge in [0.1, 0.15) is 29.1 Å². The van der Waals surface area contributed by atoms with E-state index < -0.39 is 18.1 Å². The van der Waals surface area contributed by atoms with Crippen LogP contribution in [0, 0.1) is 0 Å². The zero-order chi connectivity index (χ0) is 26.4. The van der Waals surface area contributed by atoms with Crippen LogP contribution in [0.15, 0.2) is 72.8 Å². The first kappa shape index (κ1) is 25.6. The zero-order valence-electron chi connectivity index (χ0n) is 20.9. The molecule has 1 amide bonds. The fourth-order valence-electron chi connectivity index (χ4n) is 3.93. The van der Waals surface area contributed by atoms with E-state index in [-0.39, 0.29) is 19.1 Å². The molecule has 9 nitrogen and oxygen atoms in total. The van der Waals surface area contributed by atoms with E-state index in [0.29, 0.717) is 23.1 Å². The van der Waals surface area contributed by atoms with Gasteiger partial charge in [0.2, 0.25) is 0 Å². The topological polar surface area (TPSA) is 114 Å². The van der Waals surface area contributed by atoms with Gasteiger partial charge >= 0.3 is 12.1 Å². The molecule has 1 heterocycles. The summed E-state index contributed by atoms with van der Waals surface area (Å²) in [6, 6.07) is 20.4. The molecule has 4 rings (SSSR count). The van der Waals surface area contributed by atoms with Gasteiger partial charge < -0.3 is 24.3 Å². The lowest BCUT2D eigenvalue weighted by atomic mass is 10.1. The standard InChI is InChI=1S/C28H29N3O6/c1-4-25(27(32)33)31(28(34)37-22-15-13-20(35-3)14-16-22)17-19-9-11-21(12-10-19)36-18(2)26-29-23-7-5-6-8-24(23)30-26/h5-16,18,25H,4,17H2,1-3H3,(H,29,30)(H,32,33). The van der Waals surface area contributed by atoms with Crippen molar-refractivity contribution < 1.29 is 28.9 Å². The van der Waals surface area contributed by atoms with E-state index in [2.05, 4.69) is 9.97 Å². The van der Waals surface area contributed by atoms with Crippen molar-refractivity contribution in [2.75, 3.05) is 7.11 Å². The predicted octanol–water partition coefficient (Wildman–Crippen LogP) is 5.58. The number of aliphatic carboxylic acids is 1. The summed E-state index contributed by atoms with van der Waals surface area (Å²) in [5, 5.41) is 9.71. The lowest BCUT2D eigenvalue weighted by molar-refractivity contribution is -0.142. The molecule has 0 aliphatic rings. The van der Waals surface area contributed by atoms with Crippen molar-refractivity contribution in [1.29, 1.82) is 0 Å². The van der Waals surface area contributed by atoms with E-state index >= 15 is 0 Å². The summed E-state index contributed by atoms with van der Waals surface area (Å²) in [4.78, 5) is 33.9. The molecule has 0 aliphatic carbocycles. The molecule has 192 valence electrons. The van der Waals surface area contributed by atoms with E-state index in [9.17, 15) is 14.7 Å². The van der Waals surface area contributed by atoms with Crippen LogP contribution in [0.4, 0.5) is 4.79 Å². The number of aromatic nitrogens is 2. The minimum absolute atomic E-state index is 0.0548. The molecule has 3 aromatic carbocycles. The van der Waals surface area contributed by atoms with Crippen LogP contribution in [0.1, 0.15) is 37.8 Å². The molecule has 2 atom stereocenters. The molecule has 4 aromatic rings. The molecule has 2 N–H and O–H groups in total. The van der Waals surface area contributed by atoms with Crippen LogP contribution in [0.2, 0.25) is 0 Å². The minimum Gasteiger partial charge on any atom is -0.497 e. The van der Waals surface area contributed by atoms with E-state index in [4.69, 9.17) is 14.2 Å². The van der Waals surface area contributed by atoms with Crippen LogP contribution >= 0.6 is 0 Å². The summed E-state index contributed by atoms with van der Waals surface area (Å²) >= 11 is 0. The van der Waals surface area contributed by atoms with E-state index in [1.54, 1.807) is 55.5 Å². The molecule has 0 fully saturated rings. The molecule has 0 radical (unpaired) electrons. The fourth-order valence-corrected chi connectivity index (χ4v) is 3.93. The number of benzene rings is 3. The molecule has 9 heteroatoms. The smallest absolute Gasteiger partial charge is 0.416 e. The van der Waals surface area contributed by atoms with Gasteiger partial charge in [-0.15, -0.1) is 0 Å². The number of nitrogens with zero attached hydrogens (tertiary/aromatic N) is 2. The van der Waals surface area contributed by atoms with Crippen LogP contribution < -0.4 is 14.2 Å². The fraction of sp³-hybridized carbons (Fsp3) is 0.250. The van der Waals surface area contributed by atoms with Gasteiger partial charge in [-0.1, -0.05) is 31.2 Å². The van der Waals surface area contributed by atoms with Gasteiger partial charge in [0, 0.05) is 6.54 Å². The number of carbonyl (C=O) groups excluding carboxylic acids is 1. The first-order chi connectivity index (χ1) is 17.9. The number of fused-ring (bicyclic) bond motifs is 1. The number of methoxy groups -OCH3 is 1. The van der Waals surface area contributed by atoms with Crippen LogP contribution in [-0.2, 0) is 11.3 Å². The molecular weight excluding hydrogens is 474 g/mol. The van der Waals surface area contributed by atoms with Crippen LogP contribution in [0.25, 0.3) is 11.0 Å². The second-order valence-corrected chi connectivity index (χ2v) is 8.48. The Balaban J connectivity index is 1.45. The number of para-hydroxylation sites is 2. The maximum Gasteiger partial charge on any atom is 0.416 e. The highest BCUT2D eigenvalue weighted by Gasteiger charge is 2.30. The molecule has 0 spiro atoms. The van der Waals surface area contributed by atoms with Crippen molar-refractivity contribution in [1.82, 2.24) is 14.9 Å². The predicted molar refractivity (Wildman–Crippen MR) is 138 cm³/mol. The summed E-state index contributed by atoms with van der Waals surface area (Å²) < 4.78 is 16.6. The first-order valence-electron chi connectivity index (χ1n) is 11.9. The summed E-state index contributed by atoms with van der Waals surface area (Å²) in [5.41, 5.74) is 2.54. The van der Waals surface area contributed by atoms with Gasteiger partial charge in [0.15, 0.2) is 6.10 Å². The molecule has 0 saturated carbocycles. The maximum absolute atomic E-state index is 13.0. The second-order valence-electron chi connectivity index (χ2n) is 8.48. The third-order valence-corrected chi connectivity index (χ3v) is 5.93. The quantitative estimate of drug-likeness (QED) is 0.291. The van der Waals surface area contributed by atoms with Gasteiger partial charge in [-0.25, -0.2) is 14.6 Å². The van der Waals surface area contributed by atoms with E-state index in [0.717, 1.165) is 16.6 Å². The number of imidazole rings is 1. The summed E-state index contributed by atoms with van der Waals surface area (Å²) in [5.74, 6) is 1.14. The van der Waals surface area contributed by atoms with Crippen molar-refractivity contribution in [2.24, 2.45) is 0 Å². The number of nitrogens with one attached hydrogen (secondary N) is 1. The van der Waals surface area contributed by atoms with Gasteiger partial charge in [-0.2, -0.15) is 0 Å². The van der Waals surface area contributed by atoms with Gasteiger partial charge in [0.25, 0.3) is 0 Å². The molecule has 0 bridgehead atoms. The first-order valence-corrected chi connectivity index (χ1v) is 11.9. The number of carbonyl (C=O) groups is 2. The largest absolute Gasteiger partial charge is 0.497 e. The third kappa shape index (κ3) is 6.19. The Hall–Kier alpha value is -4.53. The monoisotopic (exact) mass is 503 g/mol. The molecule has 1 aromatic heterocycles. The average Bonchev–Trinajstić information content (AvgIpc) is 3.34. The maximum atomic E-state index is 13.0. The van der Waals surface area contributed by atoms with Crippen molar-refractivity contribution in [3.8, 4) is 17.2 Å². The lowest BCUT2D eigenvalue weighted by Gasteiger charge is -2.27. The molecule has 0 saturated heterocycles. The van der Waals surface area contributed by atoms with Crippen LogP contribution in [-0.4, -0.2) is 45.2 Å². The SMILES string of the molecule is CCC(C(=O)O)N(Cc1ccc(OC(C)c2nc3ccccc3[nH]2)cc1)C(=O)Oc1ccc(OC)cc1. The highest BCUT2D eigenvalue weighted by molar-refractivity contribution is 5.81. The highest BCUT2D eigenvalue weighted by atomic mass is 16.6. The summed E-state index contributed by atoms with van der Waals surface area (Å²) in [7, 11) is 1.54. The van der Waals surface area contributed by atoms with Gasteiger partial charge in [0.05, 0.1) is 18.1 Å². The lowest BCUT2D eigenvalue weighted by Crippen LogP contribution is -2.45. The van der Waals surface area contributed by atoms with Crippen molar-refractivity contribution in [2.45, 2.75) is 39.0 Å². The molecule has 37 heavy (non-hydrogen) atoms. The van der Waals surface area contributed by atoms with E-state index in [1.807, 2.05) is 31.2 Å². The second kappa shape index (κ2) is 11.5. The Morgan fingerprint density at radius 1 is 0.973 bits per heavy atom. The Morgan fingerprint density at radius 3 is 2.24 bits per heavy atom. The van der Waals surface area contributed by atoms with Crippen LogP contribution in [0.5, 0.6) is 17.2 Å². The van der Waals surface area contributed by atoms with Gasteiger partial charge in [-0.05, 0) is 67.4 Å². The minimum atomic E-state index is -1.10. The Labute approximate surface area is 214 Å². The molecular formula is C28H29N3O6. The van der Waals surface area contributed by atoms with Crippen molar-refractivity contribution >= 4 is 23.1 Å². The molecule has 0 aliphatic heterocycles. The molecule has 2 unspecified atom stereocenters. The normalized spacial score (nSPS) is 12.5. The number of carboxylic acid groups (broad SMARTS) is 1. The van der Waals surface area contributed by atoms with E-state index in [1.165, 1.54) is 12.0 Å². The van der Waals surface area contributed by atoms with Crippen molar-refractivity contribution in [3.05, 3.63) is 84.2 Å². The zero-order valence-corrected chi connectivity index (χ0v) is 20.9. The number of ether oxygens (including phenoxy) is 3. The number of H-pyrrole nitrogens is 1.